The van der Waals surface area contributed by atoms with Crippen molar-refractivity contribution >= 4 is 28.9 Å². The van der Waals surface area contributed by atoms with Crippen LogP contribution in [0, 0.1) is 25.2 Å². The maximum absolute atomic E-state index is 12.4. The second-order valence-electron chi connectivity index (χ2n) is 5.30. The van der Waals surface area contributed by atoms with E-state index in [1.165, 1.54) is 16.2 Å². The maximum atomic E-state index is 12.4. The Labute approximate surface area is 145 Å². The van der Waals surface area contributed by atoms with E-state index in [1.807, 2.05) is 50.2 Å². The number of thiophene rings is 1. The fourth-order valence-electron chi connectivity index (χ4n) is 2.14. The quantitative estimate of drug-likeness (QED) is 0.754. The zero-order chi connectivity index (χ0) is 17.5. The summed E-state index contributed by atoms with van der Waals surface area (Å²) in [5.41, 5.74) is 2.59. The van der Waals surface area contributed by atoms with E-state index in [0.29, 0.717) is 10.6 Å². The minimum atomic E-state index is -0.500. The number of aryl methyl sites for hydroxylation is 2. The lowest BCUT2D eigenvalue weighted by molar-refractivity contribution is -0.121. The van der Waals surface area contributed by atoms with Gasteiger partial charge in [0.1, 0.15) is 4.88 Å². The summed E-state index contributed by atoms with van der Waals surface area (Å²) in [6.45, 7) is 3.68. The van der Waals surface area contributed by atoms with Gasteiger partial charge in [-0.05, 0) is 43.0 Å². The normalized spacial score (nSPS) is 10.0. The second-order valence-corrected chi connectivity index (χ2v) is 6.21. The van der Waals surface area contributed by atoms with Crippen LogP contribution in [0.1, 0.15) is 27.2 Å². The van der Waals surface area contributed by atoms with Crippen molar-refractivity contribution in [2.45, 2.75) is 20.3 Å². The Balaban J connectivity index is 2.05. The van der Waals surface area contributed by atoms with Crippen molar-refractivity contribution in [2.75, 3.05) is 18.1 Å². The number of esters is 1. The highest BCUT2D eigenvalue weighted by molar-refractivity contribution is 7.12. The van der Waals surface area contributed by atoms with E-state index in [-0.39, 0.29) is 25.5 Å². The Morgan fingerprint density at radius 2 is 1.92 bits per heavy atom. The third-order valence-corrected chi connectivity index (χ3v) is 4.46. The predicted molar refractivity (Wildman–Crippen MR) is 93.1 cm³/mol. The van der Waals surface area contributed by atoms with Gasteiger partial charge in [0.15, 0.2) is 6.61 Å². The van der Waals surface area contributed by atoms with Crippen LogP contribution in [-0.2, 0) is 9.53 Å². The fourth-order valence-corrected chi connectivity index (χ4v) is 2.95. The van der Waals surface area contributed by atoms with Gasteiger partial charge in [0.25, 0.3) is 5.91 Å². The lowest BCUT2D eigenvalue weighted by Gasteiger charge is -2.21. The molecule has 1 heterocycles. The molecule has 124 valence electrons. The molecule has 1 aromatic carbocycles. The molecule has 0 N–H and O–H groups in total. The average Bonchev–Trinajstić information content (AvgIpc) is 3.00. The first-order valence-corrected chi connectivity index (χ1v) is 8.36. The van der Waals surface area contributed by atoms with Crippen molar-refractivity contribution in [3.05, 3.63) is 51.7 Å². The first kappa shape index (κ1) is 17.7. The number of carbonyl (C=O) groups is 2. The lowest BCUT2D eigenvalue weighted by atomic mass is 10.2. The third kappa shape index (κ3) is 4.43. The number of amides is 1. The summed E-state index contributed by atoms with van der Waals surface area (Å²) in [6.07, 6.45) is 0.206. The Kier molecular flexibility index (Phi) is 6.10. The molecule has 0 aliphatic heterocycles. The molecule has 2 aromatic rings. The standard InChI is InChI=1S/C18H18N2O3S/c1-13-4-6-15(7-5-13)20(10-3-9-19)16(21)12-23-18(22)17-14(2)8-11-24-17/h4-8,11H,3,10,12H2,1-2H3. The fraction of sp³-hybridized carbons (Fsp3) is 0.278. The van der Waals surface area contributed by atoms with E-state index in [1.54, 1.807) is 5.38 Å². The minimum absolute atomic E-state index is 0.206. The molecule has 0 atom stereocenters. The number of carbonyl (C=O) groups excluding carboxylic acids is 2. The van der Waals surface area contributed by atoms with Crippen LogP contribution in [0.3, 0.4) is 0 Å². The summed E-state index contributed by atoms with van der Waals surface area (Å²) in [5, 5.41) is 10.6. The van der Waals surface area contributed by atoms with Crippen LogP contribution in [0.2, 0.25) is 0 Å². The Morgan fingerprint density at radius 1 is 1.21 bits per heavy atom. The molecule has 0 radical (unpaired) electrons. The van der Waals surface area contributed by atoms with Gasteiger partial charge >= 0.3 is 5.97 Å². The van der Waals surface area contributed by atoms with Crippen LogP contribution < -0.4 is 4.90 Å². The van der Waals surface area contributed by atoms with Crippen LogP contribution in [0.25, 0.3) is 0 Å². The molecule has 5 nitrogen and oxygen atoms in total. The first-order chi connectivity index (χ1) is 11.5. The molecule has 0 unspecified atom stereocenters. The maximum Gasteiger partial charge on any atom is 0.349 e. The van der Waals surface area contributed by atoms with Gasteiger partial charge < -0.3 is 9.64 Å². The largest absolute Gasteiger partial charge is 0.451 e. The van der Waals surface area contributed by atoms with Gasteiger partial charge in [0.2, 0.25) is 0 Å². The second kappa shape index (κ2) is 8.27. The van der Waals surface area contributed by atoms with Gasteiger partial charge in [0, 0.05) is 12.2 Å². The average molecular weight is 342 g/mol. The van der Waals surface area contributed by atoms with Crippen LogP contribution in [0.5, 0.6) is 0 Å². The summed E-state index contributed by atoms with van der Waals surface area (Å²) in [7, 11) is 0. The minimum Gasteiger partial charge on any atom is -0.451 e. The molecule has 24 heavy (non-hydrogen) atoms. The highest BCUT2D eigenvalue weighted by atomic mass is 32.1. The molecule has 0 bridgehead atoms. The number of rotatable bonds is 6. The van der Waals surface area contributed by atoms with E-state index in [0.717, 1.165) is 11.1 Å². The highest BCUT2D eigenvalue weighted by Gasteiger charge is 2.19. The molecule has 0 fully saturated rings. The van der Waals surface area contributed by atoms with Crippen molar-refractivity contribution in [3.8, 4) is 6.07 Å². The van der Waals surface area contributed by atoms with E-state index in [4.69, 9.17) is 10.00 Å². The van der Waals surface area contributed by atoms with Crippen LogP contribution in [-0.4, -0.2) is 25.0 Å². The summed E-state index contributed by atoms with van der Waals surface area (Å²) >= 11 is 1.29. The van der Waals surface area contributed by atoms with Gasteiger partial charge in [-0.15, -0.1) is 11.3 Å². The van der Waals surface area contributed by atoms with Crippen molar-refractivity contribution in [1.29, 1.82) is 5.26 Å². The molecule has 0 aliphatic rings. The molecule has 0 saturated carbocycles. The van der Waals surface area contributed by atoms with Crippen molar-refractivity contribution in [3.63, 3.8) is 0 Å². The highest BCUT2D eigenvalue weighted by Crippen LogP contribution is 2.18. The lowest BCUT2D eigenvalue weighted by Crippen LogP contribution is -2.35. The predicted octanol–water partition coefficient (Wildman–Crippen LogP) is 3.47. The number of hydrogen-bond acceptors (Lipinski definition) is 5. The van der Waals surface area contributed by atoms with Gasteiger partial charge in [-0.2, -0.15) is 5.26 Å². The Hall–Kier alpha value is -2.65. The molecular weight excluding hydrogens is 324 g/mol. The number of nitriles is 1. The number of ether oxygens (including phenoxy) is 1. The monoisotopic (exact) mass is 342 g/mol. The summed E-state index contributed by atoms with van der Waals surface area (Å²) in [5.74, 6) is -0.850. The SMILES string of the molecule is Cc1ccc(N(CCC#N)C(=O)COC(=O)c2sccc2C)cc1. The molecule has 1 amide bonds. The van der Waals surface area contributed by atoms with Gasteiger partial charge in [-0.1, -0.05) is 17.7 Å². The van der Waals surface area contributed by atoms with Gasteiger partial charge in [-0.25, -0.2) is 4.79 Å². The molecule has 6 heteroatoms. The number of benzene rings is 1. The van der Waals surface area contributed by atoms with E-state index < -0.39 is 5.97 Å². The smallest absolute Gasteiger partial charge is 0.349 e. The molecule has 1 aromatic heterocycles. The van der Waals surface area contributed by atoms with E-state index >= 15 is 0 Å². The van der Waals surface area contributed by atoms with Crippen molar-refractivity contribution < 1.29 is 14.3 Å². The van der Waals surface area contributed by atoms with E-state index in [2.05, 4.69) is 0 Å². The van der Waals surface area contributed by atoms with Crippen LogP contribution >= 0.6 is 11.3 Å². The van der Waals surface area contributed by atoms with Gasteiger partial charge in [0.05, 0.1) is 12.5 Å². The summed E-state index contributed by atoms with van der Waals surface area (Å²) in [6, 6.07) is 11.3. The van der Waals surface area contributed by atoms with Gasteiger partial charge in [-0.3, -0.25) is 4.79 Å². The number of anilines is 1. The van der Waals surface area contributed by atoms with Crippen molar-refractivity contribution in [1.82, 2.24) is 0 Å². The number of hydrogen-bond donors (Lipinski definition) is 0. The van der Waals surface area contributed by atoms with Crippen LogP contribution in [0.4, 0.5) is 5.69 Å². The Morgan fingerprint density at radius 3 is 2.50 bits per heavy atom. The zero-order valence-corrected chi connectivity index (χ0v) is 14.4. The molecule has 2 rings (SSSR count). The van der Waals surface area contributed by atoms with E-state index in [9.17, 15) is 9.59 Å². The molecule has 0 spiro atoms. The molecule has 0 aliphatic carbocycles. The third-order valence-electron chi connectivity index (χ3n) is 3.47. The summed E-state index contributed by atoms with van der Waals surface area (Å²) in [4.78, 5) is 26.4. The van der Waals surface area contributed by atoms with Crippen molar-refractivity contribution in [2.24, 2.45) is 0 Å². The summed E-state index contributed by atoms with van der Waals surface area (Å²) < 4.78 is 5.13. The topological polar surface area (TPSA) is 70.4 Å². The molecule has 0 saturated heterocycles. The first-order valence-electron chi connectivity index (χ1n) is 7.48. The zero-order valence-electron chi connectivity index (χ0n) is 13.6. The molecular formula is C18H18N2O3S. The Bertz CT molecular complexity index is 759. The number of nitrogens with zero attached hydrogens (tertiary/aromatic N) is 2. The van der Waals surface area contributed by atoms with Crippen LogP contribution in [0.15, 0.2) is 35.7 Å².